The average molecular weight is 207 g/mol. The number of nitrogens with zero attached hydrogens (tertiary/aromatic N) is 1. The Balaban J connectivity index is 1.86. The summed E-state index contributed by atoms with van der Waals surface area (Å²) in [6.45, 7) is 13.5. The van der Waals surface area contributed by atoms with Gasteiger partial charge >= 0.3 is 0 Å². The first-order chi connectivity index (χ1) is 7.09. The molecule has 0 radical (unpaired) electrons. The Kier molecular flexibility index (Phi) is 2.03. The van der Waals surface area contributed by atoms with Gasteiger partial charge in [-0.2, -0.15) is 0 Å². The molecule has 8 atom stereocenters. The Hall–Kier alpha value is -0.0400. The lowest BCUT2D eigenvalue weighted by Crippen LogP contribution is -2.68. The van der Waals surface area contributed by atoms with Crippen molar-refractivity contribution in [2.24, 2.45) is 35.5 Å². The summed E-state index contributed by atoms with van der Waals surface area (Å²) < 4.78 is 0. The van der Waals surface area contributed by atoms with Crippen LogP contribution in [0.25, 0.3) is 0 Å². The van der Waals surface area contributed by atoms with Crippen LogP contribution in [-0.2, 0) is 0 Å². The fraction of sp³-hybridized carbons (Fsp3) is 1.00. The number of hydrogen-bond acceptors (Lipinski definition) is 1. The Morgan fingerprint density at radius 1 is 0.800 bits per heavy atom. The second kappa shape index (κ2) is 3.00. The highest BCUT2D eigenvalue weighted by molar-refractivity contribution is 5.19. The van der Waals surface area contributed by atoms with Crippen molar-refractivity contribution < 1.29 is 0 Å². The lowest BCUT2D eigenvalue weighted by Gasteiger charge is -2.67. The molecular formula is C14H25N. The molecule has 1 nitrogen and oxygen atoms in total. The van der Waals surface area contributed by atoms with Gasteiger partial charge in [0.25, 0.3) is 0 Å². The number of rotatable bonds is 1. The fourth-order valence-corrected chi connectivity index (χ4v) is 5.24. The molecular weight excluding hydrogens is 182 g/mol. The summed E-state index contributed by atoms with van der Waals surface area (Å²) in [6.07, 6.45) is 0. The number of hydrogen-bond donors (Lipinski definition) is 0. The van der Waals surface area contributed by atoms with E-state index in [9.17, 15) is 0 Å². The molecule has 3 aliphatic rings. The molecule has 0 aromatic heterocycles. The quantitative estimate of drug-likeness (QED) is 0.639. The molecule has 0 aromatic rings. The van der Waals surface area contributed by atoms with Gasteiger partial charge in [0.1, 0.15) is 0 Å². The van der Waals surface area contributed by atoms with Crippen molar-refractivity contribution in [2.45, 2.75) is 46.7 Å². The van der Waals surface area contributed by atoms with Crippen LogP contribution in [-0.4, -0.2) is 23.5 Å². The SMILES string of the molecule is CCN1[C@H](C)[C@H](C)C2[C@@H]3[C@H](C)[C@H](C)[C@@H]3[C@@H]21. The van der Waals surface area contributed by atoms with E-state index in [-0.39, 0.29) is 0 Å². The molecule has 0 amide bonds. The van der Waals surface area contributed by atoms with Crippen LogP contribution in [0.15, 0.2) is 0 Å². The predicted octanol–water partition coefficient (Wildman–Crippen LogP) is 2.86. The third-order valence-electron chi connectivity index (χ3n) is 6.36. The van der Waals surface area contributed by atoms with E-state index in [1.807, 2.05) is 0 Å². The van der Waals surface area contributed by atoms with Gasteiger partial charge in [-0.25, -0.2) is 0 Å². The van der Waals surface area contributed by atoms with Crippen molar-refractivity contribution in [1.29, 1.82) is 0 Å². The Morgan fingerprint density at radius 3 is 1.93 bits per heavy atom. The average Bonchev–Trinajstić information content (AvgIpc) is 2.39. The van der Waals surface area contributed by atoms with E-state index in [1.54, 1.807) is 0 Å². The summed E-state index contributed by atoms with van der Waals surface area (Å²) in [7, 11) is 0. The van der Waals surface area contributed by atoms with Crippen LogP contribution in [0.4, 0.5) is 0 Å². The molecule has 1 aliphatic heterocycles. The van der Waals surface area contributed by atoms with Crippen molar-refractivity contribution in [1.82, 2.24) is 4.90 Å². The molecule has 2 saturated carbocycles. The van der Waals surface area contributed by atoms with Gasteiger partial charge < -0.3 is 0 Å². The molecule has 1 heterocycles. The van der Waals surface area contributed by atoms with Gasteiger partial charge in [-0.1, -0.05) is 27.7 Å². The zero-order valence-electron chi connectivity index (χ0n) is 10.8. The smallest absolute Gasteiger partial charge is 0.0166 e. The summed E-state index contributed by atoms with van der Waals surface area (Å²) >= 11 is 0. The van der Waals surface area contributed by atoms with E-state index >= 15 is 0 Å². The number of fused-ring (bicyclic) bond motifs is 4. The van der Waals surface area contributed by atoms with Crippen LogP contribution >= 0.6 is 0 Å². The molecule has 1 heteroatoms. The van der Waals surface area contributed by atoms with Crippen LogP contribution < -0.4 is 0 Å². The maximum Gasteiger partial charge on any atom is 0.0166 e. The van der Waals surface area contributed by atoms with Crippen molar-refractivity contribution in [3.8, 4) is 0 Å². The Morgan fingerprint density at radius 2 is 1.33 bits per heavy atom. The second-order valence-corrected chi connectivity index (χ2v) is 6.37. The number of likely N-dealkylation sites (tertiary alicyclic amines) is 1. The van der Waals surface area contributed by atoms with Crippen LogP contribution in [0.2, 0.25) is 0 Å². The second-order valence-electron chi connectivity index (χ2n) is 6.37. The third kappa shape index (κ3) is 0.945. The van der Waals surface area contributed by atoms with Gasteiger partial charge in [0, 0.05) is 12.1 Å². The minimum absolute atomic E-state index is 0.829. The minimum atomic E-state index is 0.829. The standard InChI is InChI=1S/C14H25N/c1-6-15-10(5)9(4)13-11-7(2)8(3)12(11)14(13)15/h7-14H,6H2,1-5H3/t7-,8+,9+,10-,11-,12+,13?,14+/m1/s1. The van der Waals surface area contributed by atoms with Crippen LogP contribution in [0, 0.1) is 35.5 Å². The van der Waals surface area contributed by atoms with E-state index < -0.39 is 0 Å². The third-order valence-corrected chi connectivity index (χ3v) is 6.36. The van der Waals surface area contributed by atoms with E-state index in [1.165, 1.54) is 6.54 Å². The predicted molar refractivity (Wildman–Crippen MR) is 63.6 cm³/mol. The van der Waals surface area contributed by atoms with Crippen molar-refractivity contribution in [3.63, 3.8) is 0 Å². The normalized spacial score (nSPS) is 63.0. The lowest BCUT2D eigenvalue weighted by molar-refractivity contribution is -0.183. The molecule has 15 heavy (non-hydrogen) atoms. The maximum absolute atomic E-state index is 2.79. The zero-order valence-corrected chi connectivity index (χ0v) is 10.8. The van der Waals surface area contributed by atoms with Gasteiger partial charge in [-0.15, -0.1) is 0 Å². The van der Waals surface area contributed by atoms with Crippen LogP contribution in [0.1, 0.15) is 34.6 Å². The summed E-state index contributed by atoms with van der Waals surface area (Å²) in [5.74, 6) is 6.10. The molecule has 3 fully saturated rings. The van der Waals surface area contributed by atoms with E-state index in [0.717, 1.165) is 47.6 Å². The van der Waals surface area contributed by atoms with Crippen LogP contribution in [0.5, 0.6) is 0 Å². The molecule has 0 spiro atoms. The Labute approximate surface area is 94.2 Å². The van der Waals surface area contributed by atoms with Gasteiger partial charge in [0.15, 0.2) is 0 Å². The molecule has 0 N–H and O–H groups in total. The monoisotopic (exact) mass is 207 g/mol. The van der Waals surface area contributed by atoms with E-state index in [0.29, 0.717) is 0 Å². The van der Waals surface area contributed by atoms with Gasteiger partial charge in [0.2, 0.25) is 0 Å². The summed E-state index contributed by atoms with van der Waals surface area (Å²) in [5, 5.41) is 0. The first kappa shape index (κ1) is 10.1. The lowest BCUT2D eigenvalue weighted by atomic mass is 9.40. The van der Waals surface area contributed by atoms with Crippen LogP contribution in [0.3, 0.4) is 0 Å². The topological polar surface area (TPSA) is 3.24 Å². The summed E-state index contributed by atoms with van der Waals surface area (Å²) in [6, 6.07) is 1.78. The van der Waals surface area contributed by atoms with E-state index in [4.69, 9.17) is 0 Å². The first-order valence-electron chi connectivity index (χ1n) is 6.85. The van der Waals surface area contributed by atoms with Gasteiger partial charge in [-0.05, 0) is 49.0 Å². The largest absolute Gasteiger partial charge is 0.297 e. The van der Waals surface area contributed by atoms with Gasteiger partial charge in [-0.3, -0.25) is 4.90 Å². The molecule has 86 valence electrons. The highest BCUT2D eigenvalue weighted by Gasteiger charge is 2.69. The van der Waals surface area contributed by atoms with Gasteiger partial charge in [0.05, 0.1) is 0 Å². The van der Waals surface area contributed by atoms with Crippen molar-refractivity contribution in [3.05, 3.63) is 0 Å². The molecule has 2 aliphatic carbocycles. The molecule has 3 rings (SSSR count). The maximum atomic E-state index is 2.79. The summed E-state index contributed by atoms with van der Waals surface area (Å²) in [5.41, 5.74) is 0. The minimum Gasteiger partial charge on any atom is -0.297 e. The van der Waals surface area contributed by atoms with Crippen molar-refractivity contribution in [2.75, 3.05) is 6.54 Å². The molecule has 0 aromatic carbocycles. The molecule has 0 bridgehead atoms. The first-order valence-corrected chi connectivity index (χ1v) is 6.85. The van der Waals surface area contributed by atoms with E-state index in [2.05, 4.69) is 39.5 Å². The fourth-order valence-electron chi connectivity index (χ4n) is 5.24. The Bertz CT molecular complexity index is 275. The molecule has 1 saturated heterocycles. The molecule has 1 unspecified atom stereocenters. The zero-order chi connectivity index (χ0) is 10.9. The summed E-state index contributed by atoms with van der Waals surface area (Å²) in [4.78, 5) is 2.79. The highest BCUT2D eigenvalue weighted by atomic mass is 15.2. The highest BCUT2D eigenvalue weighted by Crippen LogP contribution is 2.67. The van der Waals surface area contributed by atoms with Crippen molar-refractivity contribution >= 4 is 0 Å².